The van der Waals surface area contributed by atoms with E-state index in [0.29, 0.717) is 24.5 Å². The number of fused-ring (bicyclic) bond motifs is 1. The van der Waals surface area contributed by atoms with Crippen molar-refractivity contribution in [3.63, 3.8) is 0 Å². The number of anilines is 2. The van der Waals surface area contributed by atoms with Gasteiger partial charge in [0.1, 0.15) is 5.75 Å². The van der Waals surface area contributed by atoms with E-state index in [9.17, 15) is 14.4 Å². The highest BCUT2D eigenvalue weighted by molar-refractivity contribution is 9.10. The first kappa shape index (κ1) is 20.0. The Labute approximate surface area is 181 Å². The summed E-state index contributed by atoms with van der Waals surface area (Å²) >= 11 is 3.33. The first-order chi connectivity index (χ1) is 14.5. The minimum absolute atomic E-state index is 0.346. The van der Waals surface area contributed by atoms with Gasteiger partial charge in [0, 0.05) is 34.1 Å². The Hall–Kier alpha value is -3.27. The molecule has 2 aromatic carbocycles. The Kier molecular flexibility index (Phi) is 5.49. The molecule has 1 atom stereocenters. The second-order valence-electron chi connectivity index (χ2n) is 6.77. The van der Waals surface area contributed by atoms with Crippen molar-refractivity contribution >= 4 is 45.0 Å². The van der Waals surface area contributed by atoms with Crippen LogP contribution in [0.1, 0.15) is 0 Å². The summed E-state index contributed by atoms with van der Waals surface area (Å²) in [5, 5.41) is 7.09. The Morgan fingerprint density at radius 2 is 1.80 bits per heavy atom. The van der Waals surface area contributed by atoms with Gasteiger partial charge in [-0.15, -0.1) is 0 Å². The monoisotopic (exact) mass is 472 g/mol. The molecular weight excluding hydrogens is 454 g/mol. The van der Waals surface area contributed by atoms with Crippen molar-refractivity contribution in [2.45, 2.75) is 6.29 Å². The van der Waals surface area contributed by atoms with Crippen LogP contribution in [0, 0.1) is 0 Å². The summed E-state index contributed by atoms with van der Waals surface area (Å²) in [6, 6.07) is 14.4. The number of benzene rings is 2. The van der Waals surface area contributed by atoms with Gasteiger partial charge in [-0.2, -0.15) is 0 Å². The fourth-order valence-corrected chi connectivity index (χ4v) is 3.64. The zero-order chi connectivity index (χ0) is 21.3. The average Bonchev–Trinajstić information content (AvgIpc) is 3.17. The number of methoxy groups -OCH3 is 1. The van der Waals surface area contributed by atoms with Crippen molar-refractivity contribution in [2.75, 3.05) is 37.0 Å². The second-order valence-corrected chi connectivity index (χ2v) is 7.69. The van der Waals surface area contributed by atoms with Crippen LogP contribution in [0.25, 0.3) is 0 Å². The molecule has 0 spiro atoms. The number of nitrogens with zero attached hydrogens (tertiary/aromatic N) is 4. The maximum absolute atomic E-state index is 12.6. The molecule has 2 heterocycles. The van der Waals surface area contributed by atoms with Crippen LogP contribution in [0.2, 0.25) is 0 Å². The van der Waals surface area contributed by atoms with Crippen molar-refractivity contribution in [1.29, 1.82) is 0 Å². The van der Waals surface area contributed by atoms with E-state index in [4.69, 9.17) is 4.74 Å². The van der Waals surface area contributed by atoms with Crippen LogP contribution >= 0.6 is 15.9 Å². The first-order valence-corrected chi connectivity index (χ1v) is 10.0. The van der Waals surface area contributed by atoms with Crippen LogP contribution in [0.4, 0.5) is 11.4 Å². The SMILES string of the molecule is COc1ccc(N2CCN3C(=O)C(=O)[N+](CC(=O)Nc4ccc(Br)cc4)=NC32)cc1. The normalized spacial score (nSPS) is 18.2. The highest BCUT2D eigenvalue weighted by atomic mass is 79.9. The van der Waals surface area contributed by atoms with E-state index in [1.54, 1.807) is 31.4 Å². The molecule has 2 aliphatic heterocycles. The van der Waals surface area contributed by atoms with Gasteiger partial charge in [0.2, 0.25) is 0 Å². The van der Waals surface area contributed by atoms with Crippen molar-refractivity contribution in [1.82, 2.24) is 4.90 Å². The second kappa shape index (κ2) is 8.23. The van der Waals surface area contributed by atoms with Crippen LogP contribution in [0.15, 0.2) is 58.1 Å². The fourth-order valence-electron chi connectivity index (χ4n) is 3.37. The quantitative estimate of drug-likeness (QED) is 0.530. The summed E-state index contributed by atoms with van der Waals surface area (Å²) in [6.07, 6.45) is -0.677. The van der Waals surface area contributed by atoms with Crippen molar-refractivity contribution < 1.29 is 23.8 Å². The number of azo groups is 2. The van der Waals surface area contributed by atoms with E-state index in [0.717, 1.165) is 14.9 Å². The van der Waals surface area contributed by atoms with Gasteiger partial charge in [0.05, 0.1) is 7.11 Å². The molecule has 0 saturated carbocycles. The molecule has 0 radical (unpaired) electrons. The summed E-state index contributed by atoms with van der Waals surface area (Å²) < 4.78 is 7.00. The van der Waals surface area contributed by atoms with Crippen molar-refractivity contribution in [3.8, 4) is 5.75 Å². The van der Waals surface area contributed by atoms with Crippen LogP contribution in [-0.2, 0) is 14.4 Å². The van der Waals surface area contributed by atoms with E-state index in [1.165, 1.54) is 4.90 Å². The average molecular weight is 473 g/mol. The molecule has 0 aliphatic carbocycles. The van der Waals surface area contributed by atoms with Crippen LogP contribution in [0.5, 0.6) is 5.75 Å². The summed E-state index contributed by atoms with van der Waals surface area (Å²) in [4.78, 5) is 40.7. The van der Waals surface area contributed by atoms with Gasteiger partial charge in [-0.3, -0.25) is 14.5 Å². The summed E-state index contributed by atoms with van der Waals surface area (Å²) in [6.45, 7) is 0.559. The molecule has 1 saturated heterocycles. The van der Waals surface area contributed by atoms with Gasteiger partial charge >= 0.3 is 11.8 Å². The third kappa shape index (κ3) is 3.90. The molecule has 10 heteroatoms. The van der Waals surface area contributed by atoms with E-state index in [1.807, 2.05) is 29.2 Å². The van der Waals surface area contributed by atoms with Gasteiger partial charge in [-0.1, -0.05) is 15.9 Å². The summed E-state index contributed by atoms with van der Waals surface area (Å²) in [5.74, 6) is -1.20. The largest absolute Gasteiger partial charge is 0.502 e. The standard InChI is InChI=1S/C20H18BrN5O4/c1-30-16-8-6-15(7-9-16)24-10-11-25-18(28)19(29)26(23-20(24)25)12-17(27)22-14-4-2-13(21)3-5-14/h2-9,20H,10-12H2,1H3/p+1. The number of hydrogen-bond acceptors (Lipinski definition) is 6. The maximum atomic E-state index is 12.6. The van der Waals surface area contributed by atoms with Gasteiger partial charge in [0.25, 0.3) is 18.7 Å². The lowest BCUT2D eigenvalue weighted by Gasteiger charge is -2.27. The van der Waals surface area contributed by atoms with E-state index >= 15 is 0 Å². The minimum Gasteiger partial charge on any atom is -0.497 e. The summed E-state index contributed by atoms with van der Waals surface area (Å²) in [7, 11) is 1.59. The van der Waals surface area contributed by atoms with E-state index < -0.39 is 24.0 Å². The minimum atomic E-state index is -0.811. The number of carbonyl (C=O) groups is 3. The molecule has 0 aromatic heterocycles. The molecule has 30 heavy (non-hydrogen) atoms. The van der Waals surface area contributed by atoms with Crippen molar-refractivity contribution in [3.05, 3.63) is 53.0 Å². The third-order valence-electron chi connectivity index (χ3n) is 4.89. The molecule has 2 aromatic rings. The van der Waals surface area contributed by atoms with Crippen LogP contribution in [0.3, 0.4) is 0 Å². The number of amides is 3. The van der Waals surface area contributed by atoms with Crippen LogP contribution < -0.4 is 15.0 Å². The molecule has 3 amide bonds. The Morgan fingerprint density at radius 1 is 1.13 bits per heavy atom. The lowest BCUT2D eigenvalue weighted by Crippen LogP contribution is -2.52. The third-order valence-corrected chi connectivity index (χ3v) is 5.41. The molecule has 9 nitrogen and oxygen atoms in total. The van der Waals surface area contributed by atoms with Gasteiger partial charge in [-0.05, 0) is 53.2 Å². The fraction of sp³-hybridized carbons (Fsp3) is 0.250. The number of carbonyl (C=O) groups excluding carboxylic acids is 3. The molecular formula is C20H19BrN5O4+. The van der Waals surface area contributed by atoms with E-state index in [2.05, 4.69) is 26.4 Å². The smallest absolute Gasteiger partial charge is 0.497 e. The Morgan fingerprint density at radius 3 is 2.47 bits per heavy atom. The highest BCUT2D eigenvalue weighted by Gasteiger charge is 2.49. The predicted octanol–water partition coefficient (Wildman–Crippen LogP) is 2.03. The number of rotatable bonds is 5. The van der Waals surface area contributed by atoms with E-state index in [-0.39, 0.29) is 6.54 Å². The van der Waals surface area contributed by atoms with Crippen molar-refractivity contribution in [2.24, 2.45) is 5.11 Å². The molecule has 1 fully saturated rings. The van der Waals surface area contributed by atoms with Gasteiger partial charge < -0.3 is 15.0 Å². The maximum Gasteiger partial charge on any atom is 0.502 e. The van der Waals surface area contributed by atoms with Gasteiger partial charge in [-0.25, -0.2) is 4.79 Å². The molecule has 1 N–H and O–H groups in total. The molecule has 4 rings (SSSR count). The Balaban J connectivity index is 1.53. The number of ether oxygens (including phenoxy) is 1. The Bertz CT molecular complexity index is 1020. The zero-order valence-electron chi connectivity index (χ0n) is 16.1. The molecule has 0 bridgehead atoms. The molecule has 154 valence electrons. The van der Waals surface area contributed by atoms with Gasteiger partial charge in [0.15, 0.2) is 0 Å². The summed E-state index contributed by atoms with van der Waals surface area (Å²) in [5.41, 5.74) is 1.43. The number of halogens is 1. The lowest BCUT2D eigenvalue weighted by molar-refractivity contribution is -0.509. The first-order valence-electron chi connectivity index (χ1n) is 9.25. The highest BCUT2D eigenvalue weighted by Crippen LogP contribution is 2.28. The van der Waals surface area contributed by atoms with Crippen LogP contribution in [-0.4, -0.2) is 60.4 Å². The topological polar surface area (TPSA) is 94.3 Å². The lowest BCUT2D eigenvalue weighted by atomic mass is 10.3. The zero-order valence-corrected chi connectivity index (χ0v) is 17.7. The molecule has 2 aliphatic rings. The number of nitrogens with one attached hydrogen (secondary N) is 1. The predicted molar refractivity (Wildman–Crippen MR) is 111 cm³/mol. The molecule has 1 unspecified atom stereocenters. The number of hydrogen-bond donors (Lipinski definition) is 1.